The Morgan fingerprint density at radius 2 is 1.17 bits per heavy atom. The maximum absolute atomic E-state index is 14.5. The summed E-state index contributed by atoms with van der Waals surface area (Å²) in [6, 6.07) is 54.1. The minimum Gasteiger partial charge on any atom is -0.481 e. The highest BCUT2D eigenvalue weighted by molar-refractivity contribution is 7.85. The standard InChI is InChI=1S/C55H58FNO5SSi2/c1-54(2,3)64(44-20-11-7-12-21-44,45-22-13-8-14-23-45)61-42(34-35-49-52(40-30-32-41(56)33-31-40)48-28-19-29-50-53(48)57(49)36-37-63(50)60)38-43(39-51(58)59)62-65(55(4,5)6,46-24-15-9-16-25-46)47-26-17-10-18-27-47/h7-35,42-43H,36-39H2,1-6H3,(H,58,59)/b35-34+. The normalized spacial score (nSPS) is 15.6. The van der Waals surface area contributed by atoms with Gasteiger partial charge in [-0.2, -0.15) is 0 Å². The number of benzene rings is 6. The van der Waals surface area contributed by atoms with Gasteiger partial charge in [-0.25, -0.2) is 4.39 Å². The molecule has 0 spiro atoms. The first kappa shape index (κ1) is 46.0. The predicted octanol–water partition coefficient (Wildman–Crippen LogP) is 10.3. The molecule has 0 saturated heterocycles. The third-order valence-corrected chi connectivity index (χ3v) is 24.4. The summed E-state index contributed by atoms with van der Waals surface area (Å²) in [5.74, 6) is -0.827. The topological polar surface area (TPSA) is 77.8 Å². The summed E-state index contributed by atoms with van der Waals surface area (Å²) in [7, 11) is -7.68. The van der Waals surface area contributed by atoms with E-state index in [1.807, 2.05) is 66.7 Å². The fraction of sp³-hybridized carbons (Fsp3) is 0.255. The number of aryl methyl sites for hydroxylation is 1. The van der Waals surface area contributed by atoms with Crippen molar-refractivity contribution in [2.45, 2.75) is 88.1 Å². The fourth-order valence-electron chi connectivity index (χ4n) is 10.0. The van der Waals surface area contributed by atoms with Crippen LogP contribution in [0.15, 0.2) is 175 Å². The van der Waals surface area contributed by atoms with E-state index in [1.165, 1.54) is 12.1 Å². The Balaban J connectivity index is 1.36. The molecular formula is C55H58FNO5SSi2. The van der Waals surface area contributed by atoms with Crippen LogP contribution in [0.25, 0.3) is 28.1 Å². The van der Waals surface area contributed by atoms with Crippen LogP contribution in [0.2, 0.25) is 10.1 Å². The molecule has 3 atom stereocenters. The molecule has 1 aromatic heterocycles. The lowest BCUT2D eigenvalue weighted by atomic mass is 10.0. The first-order chi connectivity index (χ1) is 31.1. The van der Waals surface area contributed by atoms with E-state index in [0.717, 1.165) is 53.4 Å². The highest BCUT2D eigenvalue weighted by Crippen LogP contribution is 2.43. The van der Waals surface area contributed by atoms with Gasteiger partial charge in [-0.1, -0.05) is 193 Å². The van der Waals surface area contributed by atoms with Gasteiger partial charge in [0.15, 0.2) is 0 Å². The number of rotatable bonds is 15. The average molecular weight is 920 g/mol. The van der Waals surface area contributed by atoms with E-state index in [9.17, 15) is 18.5 Å². The van der Waals surface area contributed by atoms with Crippen molar-refractivity contribution in [3.63, 3.8) is 0 Å². The van der Waals surface area contributed by atoms with Gasteiger partial charge in [0.1, 0.15) is 5.82 Å². The SMILES string of the molecule is CC(C)(C)[Si](OC(/C=C/c1c(-c2ccc(F)cc2)c2cccc3c2n1CCS3=O)CC(CC(=O)O)O[Si](c1ccccc1)(c1ccccc1)C(C)(C)C)(c1ccccc1)c1ccccc1. The van der Waals surface area contributed by atoms with Gasteiger partial charge in [0.05, 0.1) is 39.8 Å². The van der Waals surface area contributed by atoms with E-state index in [-0.39, 0.29) is 18.7 Å². The van der Waals surface area contributed by atoms with Crippen LogP contribution in [0, 0.1) is 5.82 Å². The molecule has 2 heterocycles. The second kappa shape index (κ2) is 18.8. The van der Waals surface area contributed by atoms with Crippen molar-refractivity contribution < 1.29 is 27.4 Å². The second-order valence-electron chi connectivity index (χ2n) is 19.0. The van der Waals surface area contributed by atoms with Gasteiger partial charge in [0.25, 0.3) is 16.6 Å². The number of nitrogens with zero attached hydrogens (tertiary/aromatic N) is 1. The molecule has 1 N–H and O–H groups in total. The first-order valence-corrected chi connectivity index (χ1v) is 27.5. The van der Waals surface area contributed by atoms with Gasteiger partial charge in [0.2, 0.25) is 0 Å². The molecule has 0 amide bonds. The Hall–Kier alpha value is -5.50. The zero-order valence-corrected chi connectivity index (χ0v) is 40.9. The monoisotopic (exact) mass is 919 g/mol. The van der Waals surface area contributed by atoms with Gasteiger partial charge in [0, 0.05) is 35.4 Å². The van der Waals surface area contributed by atoms with E-state index >= 15 is 0 Å². The Morgan fingerprint density at radius 3 is 1.63 bits per heavy atom. The number of carbonyl (C=O) groups is 1. The summed E-state index contributed by atoms with van der Waals surface area (Å²) >= 11 is 0. The molecule has 1 aliphatic rings. The number of halogens is 1. The zero-order chi connectivity index (χ0) is 46.0. The highest BCUT2D eigenvalue weighted by Gasteiger charge is 2.54. The molecule has 8 rings (SSSR count). The van der Waals surface area contributed by atoms with Crippen molar-refractivity contribution in [1.29, 1.82) is 0 Å². The Morgan fingerprint density at radius 1 is 0.692 bits per heavy atom. The van der Waals surface area contributed by atoms with Crippen LogP contribution in [0.3, 0.4) is 0 Å². The number of aliphatic carboxylic acids is 1. The lowest BCUT2D eigenvalue weighted by Gasteiger charge is -2.47. The van der Waals surface area contributed by atoms with Crippen LogP contribution >= 0.6 is 0 Å². The van der Waals surface area contributed by atoms with Crippen molar-refractivity contribution in [2.24, 2.45) is 0 Å². The van der Waals surface area contributed by atoms with E-state index in [2.05, 4.69) is 131 Å². The van der Waals surface area contributed by atoms with Crippen LogP contribution < -0.4 is 20.7 Å². The maximum atomic E-state index is 14.5. The number of aromatic nitrogens is 1. The van der Waals surface area contributed by atoms with Crippen molar-refractivity contribution >= 4 is 71.1 Å². The molecule has 1 aliphatic heterocycles. The minimum atomic E-state index is -3.26. The second-order valence-corrected chi connectivity index (χ2v) is 29.1. The zero-order valence-electron chi connectivity index (χ0n) is 38.0. The molecule has 65 heavy (non-hydrogen) atoms. The first-order valence-electron chi connectivity index (χ1n) is 22.4. The predicted molar refractivity (Wildman–Crippen MR) is 269 cm³/mol. The summed E-state index contributed by atoms with van der Waals surface area (Å²) in [5, 5.41) is 15.2. The fourth-order valence-corrected chi connectivity index (χ4v) is 20.6. The molecule has 0 bridgehead atoms. The maximum Gasteiger partial charge on any atom is 0.305 e. The lowest BCUT2D eigenvalue weighted by molar-refractivity contribution is -0.139. The largest absolute Gasteiger partial charge is 0.481 e. The van der Waals surface area contributed by atoms with Crippen LogP contribution in [0.4, 0.5) is 4.39 Å². The average Bonchev–Trinajstić information content (AvgIpc) is 3.61. The molecule has 3 unspecified atom stereocenters. The van der Waals surface area contributed by atoms with Crippen molar-refractivity contribution in [2.75, 3.05) is 5.75 Å². The number of hydrogen-bond acceptors (Lipinski definition) is 4. The molecule has 10 heteroatoms. The summed E-state index contributed by atoms with van der Waals surface area (Å²) in [4.78, 5) is 13.9. The Bertz CT molecular complexity index is 2720. The molecule has 0 fully saturated rings. The smallest absolute Gasteiger partial charge is 0.305 e. The van der Waals surface area contributed by atoms with E-state index in [0.29, 0.717) is 12.3 Å². The third-order valence-electron chi connectivity index (χ3n) is 12.8. The van der Waals surface area contributed by atoms with Gasteiger partial charge < -0.3 is 18.5 Å². The van der Waals surface area contributed by atoms with Crippen LogP contribution in [0.5, 0.6) is 0 Å². The highest BCUT2D eigenvalue weighted by atomic mass is 32.2. The number of carboxylic acids is 1. The molecular weight excluding hydrogens is 862 g/mol. The molecule has 0 saturated carbocycles. The van der Waals surface area contributed by atoms with Crippen molar-refractivity contribution in [3.8, 4) is 11.1 Å². The van der Waals surface area contributed by atoms with Gasteiger partial charge in [-0.05, 0) is 60.7 Å². The number of hydrogen-bond donors (Lipinski definition) is 1. The Labute approximate surface area is 387 Å². The Kier molecular flexibility index (Phi) is 13.3. The van der Waals surface area contributed by atoms with Gasteiger partial charge in [-0.15, -0.1) is 0 Å². The van der Waals surface area contributed by atoms with E-state index in [4.69, 9.17) is 8.85 Å². The number of carboxylic acid groups (broad SMARTS) is 1. The number of para-hydroxylation sites is 1. The molecule has 6 nitrogen and oxygen atoms in total. The third kappa shape index (κ3) is 8.94. The molecule has 7 aromatic rings. The molecule has 0 radical (unpaired) electrons. The summed E-state index contributed by atoms with van der Waals surface area (Å²) in [6.07, 6.45) is 2.75. The van der Waals surface area contributed by atoms with Crippen LogP contribution in [0.1, 0.15) is 60.1 Å². The summed E-state index contributed by atoms with van der Waals surface area (Å²) in [6.45, 7) is 13.9. The van der Waals surface area contributed by atoms with Crippen molar-refractivity contribution in [3.05, 3.63) is 181 Å². The summed E-state index contributed by atoms with van der Waals surface area (Å²) < 4.78 is 45.9. The van der Waals surface area contributed by atoms with E-state index < -0.39 is 55.7 Å². The molecule has 0 aliphatic carbocycles. The quantitative estimate of drug-likeness (QED) is 0.104. The molecule has 334 valence electrons. The van der Waals surface area contributed by atoms with Gasteiger partial charge >= 0.3 is 5.97 Å². The van der Waals surface area contributed by atoms with Gasteiger partial charge in [-0.3, -0.25) is 9.00 Å². The van der Waals surface area contributed by atoms with Crippen molar-refractivity contribution in [1.82, 2.24) is 4.57 Å². The van der Waals surface area contributed by atoms with Crippen LogP contribution in [-0.2, 0) is 31.0 Å². The van der Waals surface area contributed by atoms with Crippen LogP contribution in [-0.4, -0.2) is 54.4 Å². The van der Waals surface area contributed by atoms with E-state index in [1.54, 1.807) is 12.1 Å². The molecule has 6 aromatic carbocycles. The lowest BCUT2D eigenvalue weighted by Crippen LogP contribution is -2.69. The minimum absolute atomic E-state index is 0.235. The summed E-state index contributed by atoms with van der Waals surface area (Å²) in [5.41, 5.74) is 3.53.